The zero-order valence-corrected chi connectivity index (χ0v) is 16.4. The van der Waals surface area contributed by atoms with E-state index < -0.39 is 7.87 Å². The van der Waals surface area contributed by atoms with E-state index in [2.05, 4.69) is 80.8 Å². The molecule has 0 aromatic heterocycles. The van der Waals surface area contributed by atoms with Gasteiger partial charge in [0.05, 0.1) is 0 Å². The van der Waals surface area contributed by atoms with Gasteiger partial charge in [0.25, 0.3) is 0 Å². The molecule has 3 nitrogen and oxygen atoms in total. The lowest BCUT2D eigenvalue weighted by atomic mass is 10.3. The average molecular weight is 306 g/mol. The van der Waals surface area contributed by atoms with Crippen LogP contribution in [0.25, 0.3) is 0 Å². The Hall–Kier alpha value is 0.310. The van der Waals surface area contributed by atoms with Gasteiger partial charge in [0.1, 0.15) is 17.4 Å². The Labute approximate surface area is 128 Å². The number of hydrogen-bond acceptors (Lipinski definition) is 3. The largest absolute Gasteiger partial charge is 0.354 e. The lowest BCUT2D eigenvalue weighted by Crippen LogP contribution is -2.46. The summed E-state index contributed by atoms with van der Waals surface area (Å²) < 4.78 is 15.5. The molecule has 0 heterocycles. The zero-order valence-electron chi connectivity index (χ0n) is 15.5. The summed E-state index contributed by atoms with van der Waals surface area (Å²) in [6.07, 6.45) is 0.308. The van der Waals surface area contributed by atoms with E-state index >= 15 is 0 Å². The molecule has 0 bridgehead atoms. The second-order valence-corrected chi connectivity index (χ2v) is 10.8. The van der Waals surface area contributed by atoms with E-state index in [-0.39, 0.29) is 17.4 Å². The average Bonchev–Trinajstić information content (AvgIpc) is 2.10. The third kappa shape index (κ3) is 4.94. The lowest BCUT2D eigenvalue weighted by molar-refractivity contribution is 0.0943. The molecule has 0 N–H and O–H groups in total. The molecular formula is C16H37NO2P+. The maximum atomic E-state index is 6.51. The Morgan fingerprint density at radius 2 is 1.00 bits per heavy atom. The van der Waals surface area contributed by atoms with Crippen LogP contribution in [0.5, 0.6) is 0 Å². The van der Waals surface area contributed by atoms with Crippen LogP contribution in [-0.2, 0) is 9.05 Å². The van der Waals surface area contributed by atoms with Crippen LogP contribution in [0.1, 0.15) is 76.2 Å². The van der Waals surface area contributed by atoms with E-state index in [0.717, 1.165) is 0 Å². The van der Waals surface area contributed by atoms with Crippen molar-refractivity contribution < 1.29 is 9.05 Å². The summed E-state index contributed by atoms with van der Waals surface area (Å²) in [5.41, 5.74) is 0. The van der Waals surface area contributed by atoms with E-state index in [0.29, 0.717) is 12.1 Å². The molecule has 4 heteroatoms. The van der Waals surface area contributed by atoms with Gasteiger partial charge in [-0.1, -0.05) is 0 Å². The van der Waals surface area contributed by atoms with Gasteiger partial charge in [-0.25, -0.2) is 0 Å². The van der Waals surface area contributed by atoms with Crippen LogP contribution in [0.3, 0.4) is 0 Å². The summed E-state index contributed by atoms with van der Waals surface area (Å²) >= 11 is 0. The highest BCUT2D eigenvalue weighted by Crippen LogP contribution is 2.75. The molecule has 0 atom stereocenters. The molecule has 0 saturated heterocycles. The van der Waals surface area contributed by atoms with Gasteiger partial charge in [-0.15, -0.1) is 4.67 Å². The first-order chi connectivity index (χ1) is 8.85. The van der Waals surface area contributed by atoms with Crippen molar-refractivity contribution in [2.75, 3.05) is 0 Å². The first-order valence-electron chi connectivity index (χ1n) is 7.90. The first kappa shape index (κ1) is 20.3. The Morgan fingerprint density at radius 1 is 0.700 bits per heavy atom. The van der Waals surface area contributed by atoms with Crippen molar-refractivity contribution in [1.29, 1.82) is 0 Å². The normalized spacial score (nSPS) is 14.4. The molecule has 20 heavy (non-hydrogen) atoms. The molecule has 0 aliphatic carbocycles. The maximum Gasteiger partial charge on any atom is 0.354 e. The summed E-state index contributed by atoms with van der Waals surface area (Å²) in [4.78, 5) is 0. The molecule has 0 spiro atoms. The van der Waals surface area contributed by atoms with Crippen LogP contribution in [-0.4, -0.2) is 34.1 Å². The molecule has 0 aromatic rings. The standard InChI is InChI=1S/C16H37NO2P/c1-12(2)17(13(3)4)20(16(9,10)11,18-14(5)6)19-15(7)8/h12-15H,1-11H3/q+1. The van der Waals surface area contributed by atoms with Crippen LogP contribution in [0.2, 0.25) is 0 Å². The molecular weight excluding hydrogens is 269 g/mol. The molecule has 0 aliphatic rings. The highest BCUT2D eigenvalue weighted by atomic mass is 31.2. The summed E-state index contributed by atoms with van der Waals surface area (Å²) in [7, 11) is -2.18. The maximum absolute atomic E-state index is 6.51. The number of hydrogen-bond donors (Lipinski definition) is 0. The predicted octanol–water partition coefficient (Wildman–Crippen LogP) is 5.52. The van der Waals surface area contributed by atoms with E-state index in [1.165, 1.54) is 0 Å². The van der Waals surface area contributed by atoms with Gasteiger partial charge in [-0.2, -0.15) is 9.05 Å². The number of nitrogens with zero attached hydrogens (tertiary/aromatic N) is 1. The van der Waals surface area contributed by atoms with E-state index in [1.807, 2.05) is 0 Å². The number of rotatable bonds is 7. The molecule has 0 aliphatic heterocycles. The van der Waals surface area contributed by atoms with Gasteiger partial charge < -0.3 is 0 Å². The molecule has 0 radical (unpaired) electrons. The van der Waals surface area contributed by atoms with Gasteiger partial charge in [0.2, 0.25) is 0 Å². The van der Waals surface area contributed by atoms with Crippen molar-refractivity contribution >= 4 is 7.87 Å². The van der Waals surface area contributed by atoms with Crippen molar-refractivity contribution in [2.24, 2.45) is 0 Å². The third-order valence-electron chi connectivity index (χ3n) is 2.92. The van der Waals surface area contributed by atoms with Gasteiger partial charge in [-0.3, -0.25) is 0 Å². The van der Waals surface area contributed by atoms with Gasteiger partial charge in [0, 0.05) is 12.1 Å². The van der Waals surface area contributed by atoms with Crippen molar-refractivity contribution in [2.45, 2.75) is 106 Å². The fourth-order valence-electron chi connectivity index (χ4n) is 2.57. The quantitative estimate of drug-likeness (QED) is 0.578. The highest BCUT2D eigenvalue weighted by molar-refractivity contribution is 7.65. The Balaban J connectivity index is 5.93. The summed E-state index contributed by atoms with van der Waals surface area (Å²) in [6.45, 7) is 24.0. The summed E-state index contributed by atoms with van der Waals surface area (Å²) in [6, 6.07) is 0.778. The SMILES string of the molecule is CC(C)O[P+](OC(C)C)(N(C(C)C)C(C)C)C(C)(C)C. The van der Waals surface area contributed by atoms with Crippen LogP contribution >= 0.6 is 7.87 Å². The first-order valence-corrected chi connectivity index (χ1v) is 9.47. The Morgan fingerprint density at radius 3 is 1.15 bits per heavy atom. The van der Waals surface area contributed by atoms with Crippen LogP contribution in [0, 0.1) is 0 Å². The van der Waals surface area contributed by atoms with E-state index in [1.54, 1.807) is 0 Å². The fraction of sp³-hybridized carbons (Fsp3) is 1.00. The van der Waals surface area contributed by atoms with E-state index in [4.69, 9.17) is 9.05 Å². The fourth-order valence-corrected chi connectivity index (χ4v) is 6.52. The van der Waals surface area contributed by atoms with Gasteiger partial charge in [0.15, 0.2) is 0 Å². The Bertz CT molecular complexity index is 265. The summed E-state index contributed by atoms with van der Waals surface area (Å²) in [5, 5.41) is -0.0456. The molecule has 0 fully saturated rings. The molecule has 0 rings (SSSR count). The third-order valence-corrected chi connectivity index (χ3v) is 7.56. The van der Waals surface area contributed by atoms with Crippen LogP contribution in [0.15, 0.2) is 0 Å². The second-order valence-electron chi connectivity index (χ2n) is 7.57. The molecule has 0 unspecified atom stereocenters. The minimum Gasteiger partial charge on any atom is -0.184 e. The Kier molecular flexibility index (Phi) is 7.65. The molecule has 122 valence electrons. The van der Waals surface area contributed by atoms with Crippen molar-refractivity contribution in [3.8, 4) is 0 Å². The van der Waals surface area contributed by atoms with Crippen molar-refractivity contribution in [1.82, 2.24) is 4.67 Å². The highest BCUT2D eigenvalue weighted by Gasteiger charge is 2.62. The van der Waals surface area contributed by atoms with Crippen molar-refractivity contribution in [3.05, 3.63) is 0 Å². The van der Waals surface area contributed by atoms with Gasteiger partial charge in [-0.05, 0) is 76.2 Å². The summed E-state index contributed by atoms with van der Waals surface area (Å²) in [5.74, 6) is 0. The minimum atomic E-state index is -2.18. The topological polar surface area (TPSA) is 21.7 Å². The van der Waals surface area contributed by atoms with Crippen LogP contribution in [0.4, 0.5) is 0 Å². The molecule has 0 amide bonds. The molecule has 0 saturated carbocycles. The van der Waals surface area contributed by atoms with Gasteiger partial charge >= 0.3 is 7.87 Å². The predicted molar refractivity (Wildman–Crippen MR) is 91.2 cm³/mol. The van der Waals surface area contributed by atoms with Crippen LogP contribution < -0.4 is 0 Å². The minimum absolute atomic E-state index is 0.0456. The molecule has 0 aromatic carbocycles. The monoisotopic (exact) mass is 306 g/mol. The second kappa shape index (κ2) is 7.54. The lowest BCUT2D eigenvalue weighted by Gasteiger charge is -2.45. The van der Waals surface area contributed by atoms with Crippen molar-refractivity contribution in [3.63, 3.8) is 0 Å². The van der Waals surface area contributed by atoms with E-state index in [9.17, 15) is 0 Å². The zero-order chi connectivity index (χ0) is 16.3. The smallest absolute Gasteiger partial charge is 0.184 e.